The second kappa shape index (κ2) is 13.1. The number of alkyl carbamates (subject to hydrolysis) is 1. The van der Waals surface area contributed by atoms with Gasteiger partial charge in [0.25, 0.3) is 0 Å². The summed E-state index contributed by atoms with van der Waals surface area (Å²) in [5.74, 6) is -1.36. The summed E-state index contributed by atoms with van der Waals surface area (Å²) in [7, 11) is 0. The van der Waals surface area contributed by atoms with E-state index in [0.29, 0.717) is 5.56 Å². The molecule has 2 unspecified atom stereocenters. The van der Waals surface area contributed by atoms with E-state index >= 15 is 0 Å². The molecule has 0 heterocycles. The molecule has 1 rings (SSSR count). The van der Waals surface area contributed by atoms with E-state index in [1.807, 2.05) is 6.07 Å². The fraction of sp³-hybridized carbons (Fsp3) is 0.556. The Hall–Kier alpha value is -3.36. The number of hydrogen-bond donors (Lipinski definition) is 2. The summed E-state index contributed by atoms with van der Waals surface area (Å²) >= 11 is 0. The van der Waals surface area contributed by atoms with E-state index in [1.165, 1.54) is 4.90 Å². The van der Waals surface area contributed by atoms with Crippen LogP contribution in [0.15, 0.2) is 30.8 Å². The fourth-order valence-corrected chi connectivity index (χ4v) is 3.49. The average molecular weight is 504 g/mol. The van der Waals surface area contributed by atoms with Crippen LogP contribution in [0.2, 0.25) is 0 Å². The summed E-state index contributed by atoms with van der Waals surface area (Å²) in [6.07, 6.45) is 0.912. The van der Waals surface area contributed by atoms with Crippen molar-refractivity contribution >= 4 is 30.0 Å². The molecule has 1 aromatic rings. The van der Waals surface area contributed by atoms with Crippen molar-refractivity contribution in [3.63, 3.8) is 0 Å². The molecule has 2 atom stereocenters. The van der Waals surface area contributed by atoms with Gasteiger partial charge in [-0.2, -0.15) is 0 Å². The lowest BCUT2D eigenvalue weighted by Gasteiger charge is -2.42. The smallest absolute Gasteiger partial charge is 0.408 e. The molecule has 200 valence electrons. The van der Waals surface area contributed by atoms with Gasteiger partial charge in [0.1, 0.15) is 17.7 Å². The first-order chi connectivity index (χ1) is 16.6. The van der Waals surface area contributed by atoms with Crippen LogP contribution >= 0.6 is 0 Å². The molecule has 3 amide bonds. The molecule has 0 aliphatic rings. The second-order valence-electron chi connectivity index (χ2n) is 10.4. The van der Waals surface area contributed by atoms with E-state index in [2.05, 4.69) is 17.2 Å². The third-order valence-corrected chi connectivity index (χ3v) is 4.97. The van der Waals surface area contributed by atoms with Crippen LogP contribution in [0.1, 0.15) is 79.0 Å². The number of esters is 1. The van der Waals surface area contributed by atoms with E-state index in [4.69, 9.17) is 9.47 Å². The summed E-state index contributed by atoms with van der Waals surface area (Å²) in [5, 5.41) is 5.32. The van der Waals surface area contributed by atoms with Gasteiger partial charge in [0.05, 0.1) is 13.0 Å². The number of ether oxygens (including phenoxy) is 2. The topological polar surface area (TPSA) is 114 Å². The Morgan fingerprint density at radius 1 is 1.11 bits per heavy atom. The first-order valence-corrected chi connectivity index (χ1v) is 12.1. The summed E-state index contributed by atoms with van der Waals surface area (Å²) in [6, 6.07) is 5.13. The Labute approximate surface area is 214 Å². The number of rotatable bonds is 10. The predicted molar refractivity (Wildman–Crippen MR) is 139 cm³/mol. The maximum atomic E-state index is 13.7. The van der Waals surface area contributed by atoms with E-state index in [1.54, 1.807) is 79.7 Å². The third kappa shape index (κ3) is 9.71. The van der Waals surface area contributed by atoms with Gasteiger partial charge in [0.2, 0.25) is 11.8 Å². The van der Waals surface area contributed by atoms with Crippen LogP contribution in [0.25, 0.3) is 6.08 Å². The van der Waals surface area contributed by atoms with Crippen LogP contribution < -0.4 is 10.6 Å². The molecule has 0 saturated carbocycles. The minimum Gasteiger partial charge on any atom is -0.466 e. The zero-order chi connectivity index (χ0) is 27.7. The van der Waals surface area contributed by atoms with Gasteiger partial charge >= 0.3 is 12.1 Å². The van der Waals surface area contributed by atoms with Gasteiger partial charge in [0, 0.05) is 12.1 Å². The molecule has 0 bridgehead atoms. The number of amides is 3. The summed E-state index contributed by atoms with van der Waals surface area (Å²) < 4.78 is 10.2. The van der Waals surface area contributed by atoms with Crippen molar-refractivity contribution in [1.29, 1.82) is 0 Å². The maximum Gasteiger partial charge on any atom is 0.408 e. The van der Waals surface area contributed by atoms with Gasteiger partial charge in [-0.1, -0.05) is 30.9 Å². The molecule has 0 saturated heterocycles. The monoisotopic (exact) mass is 503 g/mol. The molecule has 36 heavy (non-hydrogen) atoms. The van der Waals surface area contributed by atoms with Gasteiger partial charge in [-0.25, -0.2) is 4.79 Å². The summed E-state index contributed by atoms with van der Waals surface area (Å²) in [5.41, 5.74) is -0.205. The summed E-state index contributed by atoms with van der Waals surface area (Å²) in [6.45, 7) is 17.9. The van der Waals surface area contributed by atoms with Crippen molar-refractivity contribution in [3.05, 3.63) is 42.0 Å². The molecule has 9 heteroatoms. The van der Waals surface area contributed by atoms with Crippen LogP contribution in [0, 0.1) is 0 Å². The quantitative estimate of drug-likeness (QED) is 0.467. The fourth-order valence-electron chi connectivity index (χ4n) is 3.49. The SMILES string of the molecule is C=Cc1cccc(C(C(=O)NCCC(=O)OCC)N(C(=O)C(C)NC(=O)OC(C)(C)C)C(C)(C)C)c1. The van der Waals surface area contributed by atoms with Gasteiger partial charge in [-0.05, 0) is 72.6 Å². The van der Waals surface area contributed by atoms with Gasteiger partial charge in [0.15, 0.2) is 0 Å². The van der Waals surface area contributed by atoms with Gasteiger partial charge < -0.3 is 25.0 Å². The van der Waals surface area contributed by atoms with Gasteiger partial charge in [-0.3, -0.25) is 14.4 Å². The van der Waals surface area contributed by atoms with Crippen molar-refractivity contribution in [2.45, 2.75) is 85.0 Å². The van der Waals surface area contributed by atoms with Crippen LogP contribution in [0.3, 0.4) is 0 Å². The Kier molecular flexibility index (Phi) is 11.2. The lowest BCUT2D eigenvalue weighted by Crippen LogP contribution is -2.58. The standard InChI is InChI=1S/C27H41N3O6/c1-10-19-13-12-14-20(17-19)22(23(32)28-16-15-21(31)35-11-2)30(26(4,5)6)24(33)18(3)29-25(34)36-27(7,8)9/h10,12-14,17-18,22H,1,11,15-16H2,2-9H3,(H,28,32)(H,29,34). The molecular formula is C27H41N3O6. The summed E-state index contributed by atoms with van der Waals surface area (Å²) in [4.78, 5) is 52.7. The minimum atomic E-state index is -1.04. The predicted octanol–water partition coefficient (Wildman–Crippen LogP) is 3.98. The molecule has 1 aromatic carbocycles. The maximum absolute atomic E-state index is 13.7. The zero-order valence-corrected chi connectivity index (χ0v) is 22.8. The van der Waals surface area contributed by atoms with Crippen molar-refractivity contribution in [1.82, 2.24) is 15.5 Å². The largest absolute Gasteiger partial charge is 0.466 e. The Morgan fingerprint density at radius 2 is 1.75 bits per heavy atom. The highest BCUT2D eigenvalue weighted by atomic mass is 16.6. The van der Waals surface area contributed by atoms with E-state index in [-0.39, 0.29) is 19.6 Å². The van der Waals surface area contributed by atoms with Crippen molar-refractivity contribution < 1.29 is 28.7 Å². The number of carbonyl (C=O) groups excluding carboxylic acids is 4. The van der Waals surface area contributed by atoms with Crippen molar-refractivity contribution in [3.8, 4) is 0 Å². The normalized spacial score (nSPS) is 13.1. The lowest BCUT2D eigenvalue weighted by molar-refractivity contribution is -0.148. The van der Waals surface area contributed by atoms with Crippen LogP contribution in [-0.4, -0.2) is 59.1 Å². The number of benzene rings is 1. The molecular weight excluding hydrogens is 462 g/mol. The van der Waals surface area contributed by atoms with Crippen LogP contribution in [-0.2, 0) is 23.9 Å². The van der Waals surface area contributed by atoms with E-state index < -0.39 is 47.1 Å². The number of nitrogens with zero attached hydrogens (tertiary/aromatic N) is 1. The van der Waals surface area contributed by atoms with Crippen LogP contribution in [0.4, 0.5) is 4.79 Å². The van der Waals surface area contributed by atoms with Crippen molar-refractivity contribution in [2.24, 2.45) is 0 Å². The molecule has 0 aliphatic carbocycles. The molecule has 0 fully saturated rings. The van der Waals surface area contributed by atoms with Crippen LogP contribution in [0.5, 0.6) is 0 Å². The molecule has 0 aliphatic heterocycles. The molecule has 0 aromatic heterocycles. The highest BCUT2D eigenvalue weighted by Crippen LogP contribution is 2.30. The zero-order valence-electron chi connectivity index (χ0n) is 22.8. The first kappa shape index (κ1) is 30.7. The highest BCUT2D eigenvalue weighted by Gasteiger charge is 2.40. The molecule has 2 N–H and O–H groups in total. The third-order valence-electron chi connectivity index (χ3n) is 4.97. The Morgan fingerprint density at radius 3 is 2.28 bits per heavy atom. The average Bonchev–Trinajstić information content (AvgIpc) is 2.74. The number of hydrogen-bond acceptors (Lipinski definition) is 6. The highest BCUT2D eigenvalue weighted by molar-refractivity contribution is 5.92. The first-order valence-electron chi connectivity index (χ1n) is 12.1. The Bertz CT molecular complexity index is 946. The second-order valence-corrected chi connectivity index (χ2v) is 10.4. The van der Waals surface area contributed by atoms with E-state index in [0.717, 1.165) is 5.56 Å². The lowest BCUT2D eigenvalue weighted by atomic mass is 9.94. The number of nitrogens with one attached hydrogen (secondary N) is 2. The van der Waals surface area contributed by atoms with E-state index in [9.17, 15) is 19.2 Å². The van der Waals surface area contributed by atoms with Gasteiger partial charge in [-0.15, -0.1) is 0 Å². The molecule has 0 spiro atoms. The molecule has 9 nitrogen and oxygen atoms in total. The molecule has 0 radical (unpaired) electrons. The van der Waals surface area contributed by atoms with Crippen molar-refractivity contribution in [2.75, 3.05) is 13.2 Å². The number of carbonyl (C=O) groups is 4. The minimum absolute atomic E-state index is 0.000929. The Balaban J connectivity index is 3.36.